The van der Waals surface area contributed by atoms with E-state index >= 15 is 0 Å². The minimum absolute atomic E-state index is 0.0700. The van der Waals surface area contributed by atoms with Gasteiger partial charge in [0.05, 0.1) is 25.0 Å². The van der Waals surface area contributed by atoms with Crippen LogP contribution < -0.4 is 10.1 Å². The molecule has 7 heteroatoms. The highest BCUT2D eigenvalue weighted by Gasteiger charge is 2.43. The summed E-state index contributed by atoms with van der Waals surface area (Å²) in [5, 5.41) is 3.32. The summed E-state index contributed by atoms with van der Waals surface area (Å²) in [6, 6.07) is 11.5. The third kappa shape index (κ3) is 3.89. The number of hydrogen-bond acceptors (Lipinski definition) is 5. The molecule has 32 heavy (non-hydrogen) atoms. The van der Waals surface area contributed by atoms with Crippen LogP contribution in [0, 0.1) is 7.14 Å². The number of ketones is 1. The molecule has 1 heterocycles. The van der Waals surface area contributed by atoms with E-state index in [0.29, 0.717) is 29.0 Å². The molecule has 0 aromatic heterocycles. The second kappa shape index (κ2) is 9.38. The number of nitrogens with one attached hydrogen (secondary N) is 1. The van der Waals surface area contributed by atoms with E-state index in [0.717, 1.165) is 29.7 Å². The van der Waals surface area contributed by atoms with Crippen LogP contribution in [0.4, 0.5) is 0 Å². The SMILES string of the molecule is C=CCOc1c(I)cc([C@@H]2C(C(=O)OCC)=C(C)NC3=C2C(=O)c2ccccc23)cc1I. The van der Waals surface area contributed by atoms with Gasteiger partial charge in [-0.3, -0.25) is 4.79 Å². The van der Waals surface area contributed by atoms with E-state index in [4.69, 9.17) is 9.47 Å². The van der Waals surface area contributed by atoms with Crippen LogP contribution >= 0.6 is 45.2 Å². The molecule has 2 aliphatic rings. The van der Waals surface area contributed by atoms with Gasteiger partial charge in [0.2, 0.25) is 0 Å². The van der Waals surface area contributed by atoms with Crippen LogP contribution in [0.2, 0.25) is 0 Å². The van der Waals surface area contributed by atoms with Crippen LogP contribution in [0.3, 0.4) is 0 Å². The van der Waals surface area contributed by atoms with Gasteiger partial charge in [-0.1, -0.05) is 36.9 Å². The van der Waals surface area contributed by atoms with Crippen LogP contribution in [0.1, 0.15) is 41.3 Å². The van der Waals surface area contributed by atoms with E-state index in [1.54, 1.807) is 13.0 Å². The normalized spacial score (nSPS) is 17.0. The maximum absolute atomic E-state index is 13.5. The first kappa shape index (κ1) is 23.0. The van der Waals surface area contributed by atoms with Crippen molar-refractivity contribution in [2.75, 3.05) is 13.2 Å². The van der Waals surface area contributed by atoms with Crippen molar-refractivity contribution in [2.24, 2.45) is 0 Å². The largest absolute Gasteiger partial charge is 0.487 e. The van der Waals surface area contributed by atoms with Gasteiger partial charge in [0.1, 0.15) is 12.4 Å². The maximum Gasteiger partial charge on any atom is 0.336 e. The lowest BCUT2D eigenvalue weighted by Crippen LogP contribution is -2.29. The van der Waals surface area contributed by atoms with Crippen molar-refractivity contribution in [1.29, 1.82) is 0 Å². The first-order valence-corrected chi connectivity index (χ1v) is 12.3. The van der Waals surface area contributed by atoms with Crippen LogP contribution in [-0.4, -0.2) is 25.0 Å². The zero-order valence-corrected chi connectivity index (χ0v) is 21.9. The van der Waals surface area contributed by atoms with E-state index in [-0.39, 0.29) is 12.4 Å². The molecule has 0 saturated heterocycles. The third-order valence-corrected chi connectivity index (χ3v) is 7.05. The summed E-state index contributed by atoms with van der Waals surface area (Å²) in [5.41, 5.74) is 4.83. The Hall–Kier alpha value is -2.14. The summed E-state index contributed by atoms with van der Waals surface area (Å²) in [6.45, 7) is 7.99. The summed E-state index contributed by atoms with van der Waals surface area (Å²) < 4.78 is 13.0. The van der Waals surface area contributed by atoms with Crippen molar-refractivity contribution >= 4 is 62.6 Å². The highest BCUT2D eigenvalue weighted by Crippen LogP contribution is 2.47. The smallest absolute Gasteiger partial charge is 0.336 e. The first-order chi connectivity index (χ1) is 15.4. The van der Waals surface area contributed by atoms with E-state index in [1.807, 2.05) is 43.3 Å². The minimum Gasteiger partial charge on any atom is -0.487 e. The topological polar surface area (TPSA) is 64.6 Å². The second-order valence-electron chi connectivity index (χ2n) is 7.39. The number of fused-ring (bicyclic) bond motifs is 2. The number of carbonyl (C=O) groups is 2. The average Bonchev–Trinajstić information content (AvgIpc) is 3.04. The van der Waals surface area contributed by atoms with E-state index < -0.39 is 11.9 Å². The van der Waals surface area contributed by atoms with Crippen molar-refractivity contribution < 1.29 is 19.1 Å². The van der Waals surface area contributed by atoms with E-state index in [9.17, 15) is 9.59 Å². The van der Waals surface area contributed by atoms with Crippen LogP contribution in [0.5, 0.6) is 5.75 Å². The summed E-state index contributed by atoms with van der Waals surface area (Å²) in [4.78, 5) is 26.6. The van der Waals surface area contributed by atoms with Gasteiger partial charge >= 0.3 is 5.97 Å². The molecule has 0 unspecified atom stereocenters. The lowest BCUT2D eigenvalue weighted by atomic mass is 9.80. The van der Waals surface area contributed by atoms with Crippen LogP contribution in [0.15, 0.2) is 65.9 Å². The summed E-state index contributed by atoms with van der Waals surface area (Å²) in [6.07, 6.45) is 1.70. The lowest BCUT2D eigenvalue weighted by molar-refractivity contribution is -0.138. The fraction of sp³-hybridized carbons (Fsp3) is 0.200. The maximum atomic E-state index is 13.5. The predicted molar refractivity (Wildman–Crippen MR) is 140 cm³/mol. The molecule has 0 spiro atoms. The molecule has 5 nitrogen and oxygen atoms in total. The molecular weight excluding hydrogens is 632 g/mol. The Morgan fingerprint density at radius 1 is 1.19 bits per heavy atom. The number of esters is 1. The molecule has 1 N–H and O–H groups in total. The predicted octanol–water partition coefficient (Wildman–Crippen LogP) is 5.59. The fourth-order valence-electron chi connectivity index (χ4n) is 4.17. The zero-order chi connectivity index (χ0) is 23.0. The van der Waals surface area contributed by atoms with Crippen molar-refractivity contribution in [3.63, 3.8) is 0 Å². The molecule has 0 saturated carbocycles. The Morgan fingerprint density at radius 2 is 1.84 bits per heavy atom. The Morgan fingerprint density at radius 3 is 2.47 bits per heavy atom. The van der Waals surface area contributed by atoms with Gasteiger partial charge in [0.15, 0.2) is 5.78 Å². The number of allylic oxidation sites excluding steroid dienone is 2. The molecule has 0 amide bonds. The van der Waals surface area contributed by atoms with Crippen molar-refractivity contribution in [3.8, 4) is 5.75 Å². The first-order valence-electron chi connectivity index (χ1n) is 10.1. The fourth-order valence-corrected chi connectivity index (χ4v) is 6.30. The second-order valence-corrected chi connectivity index (χ2v) is 9.72. The van der Waals surface area contributed by atoms with Gasteiger partial charge in [0, 0.05) is 28.3 Å². The standard InChI is InChI=1S/C25H21I2NO4/c1-4-10-32-24-17(26)11-14(12-18(24)27)20-19(25(30)31-5-2)13(3)28-22-15-8-6-7-9-16(15)23(29)21(20)22/h4,6-9,11-12,20,28H,1,5,10H2,2-3H3/t20-/m1/s1. The average molecular weight is 653 g/mol. The molecule has 1 atom stereocenters. The third-order valence-electron chi connectivity index (χ3n) is 5.44. The monoisotopic (exact) mass is 653 g/mol. The van der Waals surface area contributed by atoms with Crippen molar-refractivity contribution in [3.05, 3.63) is 89.7 Å². The van der Waals surface area contributed by atoms with Gasteiger partial charge < -0.3 is 14.8 Å². The highest BCUT2D eigenvalue weighted by atomic mass is 127. The minimum atomic E-state index is -0.541. The van der Waals surface area contributed by atoms with Crippen molar-refractivity contribution in [2.45, 2.75) is 19.8 Å². The molecule has 0 fully saturated rings. The summed E-state index contributed by atoms with van der Waals surface area (Å²) >= 11 is 4.45. The highest BCUT2D eigenvalue weighted by molar-refractivity contribution is 14.1. The van der Waals surface area contributed by atoms with Crippen LogP contribution in [-0.2, 0) is 9.53 Å². The molecule has 4 rings (SSSR count). The number of hydrogen-bond donors (Lipinski definition) is 1. The Kier molecular flexibility index (Phi) is 6.75. The number of rotatable bonds is 6. The number of halogens is 2. The summed E-state index contributed by atoms with van der Waals surface area (Å²) in [7, 11) is 0. The number of benzene rings is 2. The van der Waals surface area contributed by atoms with Crippen LogP contribution in [0.25, 0.3) is 5.70 Å². The number of dihydropyridines is 1. The van der Waals surface area contributed by atoms with Gasteiger partial charge in [-0.15, -0.1) is 0 Å². The van der Waals surface area contributed by atoms with E-state index in [2.05, 4.69) is 57.1 Å². The van der Waals surface area contributed by atoms with Crippen molar-refractivity contribution in [1.82, 2.24) is 5.32 Å². The van der Waals surface area contributed by atoms with Gasteiger partial charge in [0.25, 0.3) is 0 Å². The molecule has 2 aromatic carbocycles. The molecular formula is C25H21I2NO4. The van der Waals surface area contributed by atoms with Gasteiger partial charge in [-0.05, 0) is 76.7 Å². The molecule has 1 aliphatic heterocycles. The Bertz CT molecular complexity index is 1190. The van der Waals surface area contributed by atoms with E-state index in [1.165, 1.54) is 0 Å². The molecule has 1 aliphatic carbocycles. The van der Waals surface area contributed by atoms with Gasteiger partial charge in [-0.2, -0.15) is 0 Å². The molecule has 2 aromatic rings. The quantitative estimate of drug-likeness (QED) is 0.250. The number of Topliss-reactive ketones (excluding diaryl/α,β-unsaturated/α-hetero) is 1. The zero-order valence-electron chi connectivity index (χ0n) is 17.6. The van der Waals surface area contributed by atoms with Gasteiger partial charge in [-0.25, -0.2) is 4.79 Å². The number of carbonyl (C=O) groups excluding carboxylic acids is 2. The lowest BCUT2D eigenvalue weighted by Gasteiger charge is -2.29. The summed E-state index contributed by atoms with van der Waals surface area (Å²) in [5.74, 6) is -0.271. The molecule has 0 radical (unpaired) electrons. The Balaban J connectivity index is 1.91. The Labute approximate surface area is 214 Å². The molecule has 164 valence electrons. The number of ether oxygens (including phenoxy) is 2. The molecule has 0 bridgehead atoms.